The summed E-state index contributed by atoms with van der Waals surface area (Å²) < 4.78 is 29.9. The Hall–Kier alpha value is -1.55. The molecular weight excluding hydrogens is 310 g/mol. The van der Waals surface area contributed by atoms with Gasteiger partial charge in [0.25, 0.3) is 6.43 Å². The van der Waals surface area contributed by atoms with Crippen LogP contribution in [0.25, 0.3) is 0 Å². The fourth-order valence-corrected chi connectivity index (χ4v) is 1.83. The van der Waals surface area contributed by atoms with Crippen molar-refractivity contribution in [2.75, 3.05) is 7.11 Å². The fourth-order valence-electron chi connectivity index (χ4n) is 1.34. The van der Waals surface area contributed by atoms with Crippen LogP contribution in [0.3, 0.4) is 0 Å². The number of hydrogen-bond donors (Lipinski definition) is 0. The van der Waals surface area contributed by atoms with E-state index in [1.54, 1.807) is 6.07 Å². The average Bonchev–Trinajstić information content (AvgIpc) is 2.37. The molecule has 0 aliphatic heterocycles. The van der Waals surface area contributed by atoms with Crippen molar-refractivity contribution >= 4 is 21.9 Å². The third-order valence-electron chi connectivity index (χ3n) is 2.25. The molecule has 4 nitrogen and oxygen atoms in total. The first kappa shape index (κ1) is 14.5. The molecule has 1 aromatic heterocycles. The van der Waals surface area contributed by atoms with Gasteiger partial charge in [-0.2, -0.15) is 5.26 Å². The topological polar surface area (TPSA) is 63.0 Å². The molecule has 0 amide bonds. The number of halogens is 3. The van der Waals surface area contributed by atoms with Gasteiger partial charge in [0.2, 0.25) is 0 Å². The van der Waals surface area contributed by atoms with Crippen LogP contribution < -0.4 is 0 Å². The van der Waals surface area contributed by atoms with Gasteiger partial charge in [0, 0.05) is 5.33 Å². The molecule has 0 saturated heterocycles. The number of ether oxygens (including phenoxy) is 1. The largest absolute Gasteiger partial charge is 0.469 e. The van der Waals surface area contributed by atoms with Gasteiger partial charge >= 0.3 is 5.97 Å². The summed E-state index contributed by atoms with van der Waals surface area (Å²) in [5.74, 6) is -0.543. The third-order valence-corrected chi connectivity index (χ3v) is 2.85. The quantitative estimate of drug-likeness (QED) is 0.632. The first-order valence-corrected chi connectivity index (χ1v) is 5.99. The van der Waals surface area contributed by atoms with Gasteiger partial charge in [-0.3, -0.25) is 4.79 Å². The zero-order valence-corrected chi connectivity index (χ0v) is 11.0. The van der Waals surface area contributed by atoms with Crippen molar-refractivity contribution in [2.45, 2.75) is 18.2 Å². The molecule has 0 unspecified atom stereocenters. The summed E-state index contributed by atoms with van der Waals surface area (Å²) in [7, 11) is 1.22. The molecule has 0 radical (unpaired) electrons. The summed E-state index contributed by atoms with van der Waals surface area (Å²) in [4.78, 5) is 15.0. The molecule has 0 aliphatic rings. The van der Waals surface area contributed by atoms with Crippen LogP contribution in [0.2, 0.25) is 0 Å². The van der Waals surface area contributed by atoms with Gasteiger partial charge in [-0.25, -0.2) is 13.8 Å². The van der Waals surface area contributed by atoms with Gasteiger partial charge in [-0.05, 0) is 11.6 Å². The lowest BCUT2D eigenvalue weighted by Crippen LogP contribution is -2.11. The van der Waals surface area contributed by atoms with Crippen LogP contribution in [0.15, 0.2) is 6.07 Å². The van der Waals surface area contributed by atoms with Gasteiger partial charge in [0.05, 0.1) is 24.8 Å². The summed E-state index contributed by atoms with van der Waals surface area (Å²) in [6.45, 7) is 0. The molecule has 0 N–H and O–H groups in total. The Kier molecular flexibility index (Phi) is 5.16. The van der Waals surface area contributed by atoms with Gasteiger partial charge in [-0.15, -0.1) is 0 Å². The lowest BCUT2D eigenvalue weighted by atomic mass is 10.1. The second kappa shape index (κ2) is 6.40. The Morgan fingerprint density at radius 1 is 1.67 bits per heavy atom. The van der Waals surface area contributed by atoms with E-state index in [1.165, 1.54) is 13.2 Å². The fraction of sp³-hybridized carbons (Fsp3) is 0.364. The number of hydrogen-bond acceptors (Lipinski definition) is 4. The molecule has 0 aliphatic carbocycles. The molecule has 7 heteroatoms. The van der Waals surface area contributed by atoms with Crippen LogP contribution in [0.4, 0.5) is 8.78 Å². The maximum atomic E-state index is 12.7. The summed E-state index contributed by atoms with van der Waals surface area (Å²) in [5, 5.41) is 9.03. The van der Waals surface area contributed by atoms with Crippen LogP contribution >= 0.6 is 15.9 Å². The third kappa shape index (κ3) is 3.23. The summed E-state index contributed by atoms with van der Waals surface area (Å²) in [6.07, 6.45) is -2.94. The van der Waals surface area contributed by atoms with E-state index >= 15 is 0 Å². The van der Waals surface area contributed by atoms with Gasteiger partial charge in [0.1, 0.15) is 11.8 Å². The lowest BCUT2D eigenvalue weighted by molar-refractivity contribution is -0.139. The summed E-state index contributed by atoms with van der Waals surface area (Å²) in [5.41, 5.74) is -0.0939. The van der Waals surface area contributed by atoms with E-state index in [9.17, 15) is 13.6 Å². The van der Waals surface area contributed by atoms with E-state index < -0.39 is 18.0 Å². The molecule has 0 atom stereocenters. The van der Waals surface area contributed by atoms with Crippen LogP contribution in [-0.4, -0.2) is 18.1 Å². The van der Waals surface area contributed by atoms with Gasteiger partial charge < -0.3 is 4.74 Å². The minimum absolute atomic E-state index is 0.157. The highest BCUT2D eigenvalue weighted by Gasteiger charge is 2.19. The molecule has 96 valence electrons. The maximum Gasteiger partial charge on any atom is 0.311 e. The SMILES string of the molecule is COC(=O)Cc1nc(C#N)c(C(F)F)cc1CBr. The minimum Gasteiger partial charge on any atom is -0.469 e. The number of nitriles is 1. The zero-order valence-electron chi connectivity index (χ0n) is 9.41. The van der Waals surface area contributed by atoms with Crippen molar-refractivity contribution in [3.8, 4) is 6.07 Å². The minimum atomic E-state index is -2.78. The smallest absolute Gasteiger partial charge is 0.311 e. The molecule has 0 spiro atoms. The monoisotopic (exact) mass is 318 g/mol. The molecule has 0 saturated carbocycles. The van der Waals surface area contributed by atoms with Crippen LogP contribution in [0.1, 0.15) is 28.9 Å². The predicted molar refractivity (Wildman–Crippen MR) is 62.3 cm³/mol. The summed E-state index contributed by atoms with van der Waals surface area (Å²) in [6, 6.07) is 2.79. The Morgan fingerprint density at radius 3 is 2.78 bits per heavy atom. The normalized spacial score (nSPS) is 10.2. The Labute approximate surface area is 111 Å². The van der Waals surface area contributed by atoms with Gasteiger partial charge in [-0.1, -0.05) is 15.9 Å². The number of pyridine rings is 1. The van der Waals surface area contributed by atoms with Crippen molar-refractivity contribution in [1.29, 1.82) is 5.26 Å². The number of esters is 1. The molecular formula is C11H9BrF2N2O2. The van der Waals surface area contributed by atoms with Crippen molar-refractivity contribution in [3.63, 3.8) is 0 Å². The molecule has 1 aromatic rings. The van der Waals surface area contributed by atoms with E-state index in [1.807, 2.05) is 0 Å². The molecule has 0 fully saturated rings. The molecule has 0 bridgehead atoms. The van der Waals surface area contributed by atoms with E-state index in [-0.39, 0.29) is 23.1 Å². The highest BCUT2D eigenvalue weighted by atomic mass is 79.9. The second-order valence-corrected chi connectivity index (χ2v) is 3.89. The van der Waals surface area contributed by atoms with Crippen molar-refractivity contribution in [1.82, 2.24) is 4.98 Å². The standard InChI is InChI=1S/C11H9BrF2N2O2/c1-18-10(17)3-8-6(4-12)2-7(11(13)14)9(5-15)16-8/h2,11H,3-4H2,1H3. The molecule has 1 heterocycles. The van der Waals surface area contributed by atoms with Crippen LogP contribution in [0, 0.1) is 11.3 Å². The van der Waals surface area contributed by atoms with Crippen molar-refractivity contribution in [2.24, 2.45) is 0 Å². The van der Waals surface area contributed by atoms with Crippen LogP contribution in [-0.2, 0) is 21.3 Å². The number of aromatic nitrogens is 1. The first-order chi connectivity index (χ1) is 8.53. The Bertz CT molecular complexity index is 501. The number of nitrogens with zero attached hydrogens (tertiary/aromatic N) is 2. The highest BCUT2D eigenvalue weighted by Crippen LogP contribution is 2.25. The Balaban J connectivity index is 3.27. The number of carbonyl (C=O) groups is 1. The average molecular weight is 319 g/mol. The number of carbonyl (C=O) groups excluding carboxylic acids is 1. The highest BCUT2D eigenvalue weighted by molar-refractivity contribution is 9.08. The number of alkyl halides is 3. The van der Waals surface area contributed by atoms with E-state index in [0.29, 0.717) is 5.56 Å². The second-order valence-electron chi connectivity index (χ2n) is 3.33. The Morgan fingerprint density at radius 2 is 2.33 bits per heavy atom. The number of rotatable bonds is 4. The maximum absolute atomic E-state index is 12.7. The van der Waals surface area contributed by atoms with Crippen molar-refractivity contribution < 1.29 is 18.3 Å². The predicted octanol–water partition coefficient (Wildman–Crippen LogP) is 2.50. The van der Waals surface area contributed by atoms with Crippen LogP contribution in [0.5, 0.6) is 0 Å². The van der Waals surface area contributed by atoms with Gasteiger partial charge in [0.15, 0.2) is 0 Å². The summed E-state index contributed by atoms with van der Waals surface area (Å²) >= 11 is 3.13. The number of methoxy groups -OCH3 is 1. The first-order valence-electron chi connectivity index (χ1n) is 4.87. The van der Waals surface area contributed by atoms with E-state index in [4.69, 9.17) is 5.26 Å². The molecule has 1 rings (SSSR count). The van der Waals surface area contributed by atoms with E-state index in [2.05, 4.69) is 25.7 Å². The van der Waals surface area contributed by atoms with E-state index in [0.717, 1.165) is 0 Å². The lowest BCUT2D eigenvalue weighted by Gasteiger charge is -2.09. The molecule has 0 aromatic carbocycles. The zero-order chi connectivity index (χ0) is 13.7. The molecule has 18 heavy (non-hydrogen) atoms. The van der Waals surface area contributed by atoms with Crippen molar-refractivity contribution in [3.05, 3.63) is 28.6 Å².